The maximum absolute atomic E-state index is 9.21. The number of nitrogens with two attached hydrogens (primary N) is 1. The Morgan fingerprint density at radius 3 is 2.63 bits per heavy atom. The number of nitrogen functional groups attached to an aromatic ring is 1. The van der Waals surface area contributed by atoms with E-state index < -0.39 is 0 Å². The van der Waals surface area contributed by atoms with Crippen molar-refractivity contribution < 1.29 is 0 Å². The highest BCUT2D eigenvalue weighted by Crippen LogP contribution is 2.20. The topological polar surface area (TPSA) is 67.6 Å². The lowest BCUT2D eigenvalue weighted by atomic mass is 10.1. The van der Waals surface area contributed by atoms with E-state index in [9.17, 15) is 5.26 Å². The summed E-state index contributed by atoms with van der Waals surface area (Å²) in [5.41, 5.74) is 8.30. The smallest absolute Gasteiger partial charge is 0.140 e. The van der Waals surface area contributed by atoms with E-state index in [1.165, 1.54) is 0 Å². The molecule has 4 nitrogen and oxygen atoms in total. The molecule has 0 fully saturated rings. The summed E-state index contributed by atoms with van der Waals surface area (Å²) in [4.78, 5) is 0. The molecule has 0 spiro atoms. The third kappa shape index (κ3) is 2.96. The average molecular weight is 319 g/mol. The standard InChI is InChI=1S/C14H15BrN4/c1-2-7-19-14(17)12(9-16)13(18-19)8-10-3-5-11(15)6-4-10/h3-6H,2,7-8,17H2,1H3. The number of rotatable bonds is 4. The first kappa shape index (κ1) is 13.6. The highest BCUT2D eigenvalue weighted by atomic mass is 79.9. The summed E-state index contributed by atoms with van der Waals surface area (Å²) < 4.78 is 2.75. The lowest BCUT2D eigenvalue weighted by Crippen LogP contribution is -2.04. The van der Waals surface area contributed by atoms with Crippen LogP contribution in [-0.4, -0.2) is 9.78 Å². The Morgan fingerprint density at radius 1 is 1.37 bits per heavy atom. The summed E-state index contributed by atoms with van der Waals surface area (Å²) in [5, 5.41) is 13.7. The molecule has 0 unspecified atom stereocenters. The molecule has 5 heteroatoms. The van der Waals surface area contributed by atoms with E-state index in [0.717, 1.165) is 28.7 Å². The highest BCUT2D eigenvalue weighted by Gasteiger charge is 2.15. The molecule has 0 atom stereocenters. The van der Waals surface area contributed by atoms with Crippen molar-refractivity contribution >= 4 is 21.7 Å². The molecule has 0 saturated carbocycles. The van der Waals surface area contributed by atoms with E-state index in [0.29, 0.717) is 17.8 Å². The Kier molecular flexibility index (Phi) is 4.23. The van der Waals surface area contributed by atoms with Crippen LogP contribution in [0, 0.1) is 11.3 Å². The van der Waals surface area contributed by atoms with Gasteiger partial charge in [0.15, 0.2) is 0 Å². The molecule has 1 heterocycles. The summed E-state index contributed by atoms with van der Waals surface area (Å²) >= 11 is 3.40. The minimum atomic E-state index is 0.469. The largest absolute Gasteiger partial charge is 0.383 e. The number of benzene rings is 1. The van der Waals surface area contributed by atoms with Crippen molar-refractivity contribution in [3.8, 4) is 6.07 Å². The molecule has 98 valence electrons. The summed E-state index contributed by atoms with van der Waals surface area (Å²) in [5.74, 6) is 0.469. The van der Waals surface area contributed by atoms with Crippen molar-refractivity contribution in [2.24, 2.45) is 0 Å². The van der Waals surface area contributed by atoms with E-state index in [4.69, 9.17) is 5.73 Å². The van der Waals surface area contributed by atoms with Crippen molar-refractivity contribution in [2.75, 3.05) is 5.73 Å². The van der Waals surface area contributed by atoms with Gasteiger partial charge in [-0.3, -0.25) is 0 Å². The number of aryl methyl sites for hydroxylation is 1. The van der Waals surface area contributed by atoms with Gasteiger partial charge in [-0.15, -0.1) is 0 Å². The van der Waals surface area contributed by atoms with Crippen LogP contribution in [0.2, 0.25) is 0 Å². The van der Waals surface area contributed by atoms with Crippen LogP contribution in [0.25, 0.3) is 0 Å². The number of nitriles is 1. The zero-order valence-electron chi connectivity index (χ0n) is 10.7. The van der Waals surface area contributed by atoms with E-state index in [-0.39, 0.29) is 0 Å². The normalized spacial score (nSPS) is 10.4. The van der Waals surface area contributed by atoms with Crippen LogP contribution in [-0.2, 0) is 13.0 Å². The molecule has 2 N–H and O–H groups in total. The molecule has 0 aliphatic rings. The quantitative estimate of drug-likeness (QED) is 0.941. The second-order valence-corrected chi connectivity index (χ2v) is 5.26. The zero-order valence-corrected chi connectivity index (χ0v) is 12.3. The molecule has 0 aliphatic carbocycles. The number of anilines is 1. The highest BCUT2D eigenvalue weighted by molar-refractivity contribution is 9.10. The minimum absolute atomic E-state index is 0.469. The maximum Gasteiger partial charge on any atom is 0.140 e. The van der Waals surface area contributed by atoms with Crippen LogP contribution < -0.4 is 5.73 Å². The molecule has 0 radical (unpaired) electrons. The number of hydrogen-bond donors (Lipinski definition) is 1. The SMILES string of the molecule is CCCn1nc(Cc2ccc(Br)cc2)c(C#N)c1N. The van der Waals surface area contributed by atoms with Crippen molar-refractivity contribution in [1.82, 2.24) is 9.78 Å². The first-order valence-electron chi connectivity index (χ1n) is 6.15. The second-order valence-electron chi connectivity index (χ2n) is 4.35. The number of aromatic nitrogens is 2. The molecule has 0 aliphatic heterocycles. The minimum Gasteiger partial charge on any atom is -0.383 e. The van der Waals surface area contributed by atoms with Gasteiger partial charge >= 0.3 is 0 Å². The average Bonchev–Trinajstić information content (AvgIpc) is 2.69. The van der Waals surface area contributed by atoms with Crippen LogP contribution >= 0.6 is 15.9 Å². The number of hydrogen-bond acceptors (Lipinski definition) is 3. The summed E-state index contributed by atoms with van der Waals surface area (Å²) in [6.07, 6.45) is 1.56. The van der Waals surface area contributed by atoms with Gasteiger partial charge in [0, 0.05) is 17.4 Å². The Balaban J connectivity index is 2.32. The van der Waals surface area contributed by atoms with Gasteiger partial charge in [-0.25, -0.2) is 4.68 Å². The van der Waals surface area contributed by atoms with Gasteiger partial charge in [-0.2, -0.15) is 10.4 Å². The van der Waals surface area contributed by atoms with E-state index in [1.807, 2.05) is 24.3 Å². The Hall–Kier alpha value is -1.80. The van der Waals surface area contributed by atoms with Crippen LogP contribution in [0.15, 0.2) is 28.7 Å². The zero-order chi connectivity index (χ0) is 13.8. The molecule has 0 saturated heterocycles. The lowest BCUT2D eigenvalue weighted by molar-refractivity contribution is 0.604. The van der Waals surface area contributed by atoms with Gasteiger partial charge in [0.05, 0.1) is 5.69 Å². The Bertz CT molecular complexity index is 608. The fraction of sp³-hybridized carbons (Fsp3) is 0.286. The van der Waals surface area contributed by atoms with Gasteiger partial charge in [0.1, 0.15) is 17.5 Å². The Labute approximate surface area is 121 Å². The van der Waals surface area contributed by atoms with E-state index in [2.05, 4.69) is 34.0 Å². The predicted molar refractivity (Wildman–Crippen MR) is 78.6 cm³/mol. The first-order chi connectivity index (χ1) is 9.15. The fourth-order valence-corrected chi connectivity index (χ4v) is 2.21. The van der Waals surface area contributed by atoms with Gasteiger partial charge in [-0.05, 0) is 24.1 Å². The monoisotopic (exact) mass is 318 g/mol. The van der Waals surface area contributed by atoms with Gasteiger partial charge in [0.25, 0.3) is 0 Å². The molecule has 0 amide bonds. The first-order valence-corrected chi connectivity index (χ1v) is 6.94. The molecule has 1 aromatic carbocycles. The lowest BCUT2D eigenvalue weighted by Gasteiger charge is -2.00. The Morgan fingerprint density at radius 2 is 2.05 bits per heavy atom. The molecule has 2 rings (SSSR count). The van der Waals surface area contributed by atoms with Crippen molar-refractivity contribution in [3.63, 3.8) is 0 Å². The van der Waals surface area contributed by atoms with Crippen LogP contribution in [0.3, 0.4) is 0 Å². The third-order valence-electron chi connectivity index (χ3n) is 2.90. The summed E-state index contributed by atoms with van der Waals surface area (Å²) in [6.45, 7) is 2.79. The van der Waals surface area contributed by atoms with Crippen molar-refractivity contribution in [2.45, 2.75) is 26.3 Å². The molecular weight excluding hydrogens is 304 g/mol. The van der Waals surface area contributed by atoms with E-state index >= 15 is 0 Å². The van der Waals surface area contributed by atoms with Crippen LogP contribution in [0.1, 0.15) is 30.2 Å². The summed E-state index contributed by atoms with van der Waals surface area (Å²) in [7, 11) is 0. The van der Waals surface area contributed by atoms with Gasteiger partial charge in [0.2, 0.25) is 0 Å². The fourth-order valence-electron chi connectivity index (χ4n) is 1.95. The molecular formula is C14H15BrN4. The van der Waals surface area contributed by atoms with Gasteiger partial charge in [-0.1, -0.05) is 35.0 Å². The van der Waals surface area contributed by atoms with E-state index in [1.54, 1.807) is 4.68 Å². The molecule has 0 bridgehead atoms. The van der Waals surface area contributed by atoms with Crippen molar-refractivity contribution in [3.05, 3.63) is 45.6 Å². The van der Waals surface area contributed by atoms with Gasteiger partial charge < -0.3 is 5.73 Å². The number of halogens is 1. The molecule has 2 aromatic rings. The second kappa shape index (κ2) is 5.89. The van der Waals surface area contributed by atoms with Crippen LogP contribution in [0.4, 0.5) is 5.82 Å². The molecule has 1 aromatic heterocycles. The maximum atomic E-state index is 9.21. The third-order valence-corrected chi connectivity index (χ3v) is 3.42. The molecule has 19 heavy (non-hydrogen) atoms. The summed E-state index contributed by atoms with van der Waals surface area (Å²) in [6, 6.07) is 10.1. The number of nitrogens with zero attached hydrogens (tertiary/aromatic N) is 3. The van der Waals surface area contributed by atoms with Crippen molar-refractivity contribution in [1.29, 1.82) is 5.26 Å². The predicted octanol–water partition coefficient (Wildman–Crippen LogP) is 3.10. The van der Waals surface area contributed by atoms with Crippen LogP contribution in [0.5, 0.6) is 0 Å².